The molecule has 0 unspecified atom stereocenters. The van der Waals surface area contributed by atoms with Crippen molar-refractivity contribution in [3.63, 3.8) is 0 Å². The van der Waals surface area contributed by atoms with Crippen molar-refractivity contribution < 1.29 is 14.6 Å². The van der Waals surface area contributed by atoms with Crippen LogP contribution in [-0.2, 0) is 4.79 Å². The number of carbonyl (C=O) groups excluding carboxylic acids is 1. The van der Waals surface area contributed by atoms with Crippen molar-refractivity contribution in [3.8, 4) is 11.5 Å². The zero-order valence-corrected chi connectivity index (χ0v) is 14.1. The highest BCUT2D eigenvalue weighted by Gasteiger charge is 2.30. The van der Waals surface area contributed by atoms with Crippen molar-refractivity contribution in [1.29, 1.82) is 0 Å². The molecule has 0 spiro atoms. The summed E-state index contributed by atoms with van der Waals surface area (Å²) in [6.45, 7) is 0. The molecule has 1 fully saturated rings. The van der Waals surface area contributed by atoms with Crippen molar-refractivity contribution in [3.05, 3.63) is 59.0 Å². The summed E-state index contributed by atoms with van der Waals surface area (Å²) in [6.07, 6.45) is 1.65. The molecule has 2 aromatic rings. The minimum absolute atomic E-state index is 0.0111. The second-order valence-corrected chi connectivity index (χ2v) is 6.11. The highest BCUT2D eigenvalue weighted by Crippen LogP contribution is 2.36. The van der Waals surface area contributed by atoms with Crippen molar-refractivity contribution in [1.82, 2.24) is 4.90 Å². The molecular formula is C18H16N2O3S. The third-order valence-corrected chi connectivity index (χ3v) is 4.58. The van der Waals surface area contributed by atoms with E-state index in [9.17, 15) is 9.90 Å². The fraction of sp³-hybridized carbons (Fsp3) is 0.111. The minimum atomic E-state index is -0.156. The quantitative estimate of drug-likeness (QED) is 0.867. The van der Waals surface area contributed by atoms with Gasteiger partial charge in [0.1, 0.15) is 0 Å². The highest BCUT2D eigenvalue weighted by molar-refractivity contribution is 8.18. The Morgan fingerprint density at radius 2 is 1.92 bits per heavy atom. The van der Waals surface area contributed by atoms with E-state index >= 15 is 0 Å². The van der Waals surface area contributed by atoms with E-state index in [1.165, 1.54) is 23.8 Å². The number of carbonyl (C=O) groups is 1. The predicted octanol–water partition coefficient (Wildman–Crippen LogP) is 3.63. The Morgan fingerprint density at radius 3 is 2.62 bits per heavy atom. The van der Waals surface area contributed by atoms with Crippen LogP contribution in [0.3, 0.4) is 0 Å². The number of para-hydroxylation sites is 2. The Bertz CT molecular complexity index is 831. The molecule has 0 atom stereocenters. The van der Waals surface area contributed by atoms with E-state index in [1.807, 2.05) is 30.3 Å². The number of benzene rings is 2. The summed E-state index contributed by atoms with van der Waals surface area (Å²) in [6, 6.07) is 14.6. The van der Waals surface area contributed by atoms with Gasteiger partial charge in [-0.3, -0.25) is 9.69 Å². The molecule has 0 saturated carbocycles. The normalized spacial score (nSPS) is 17.8. The first-order chi connectivity index (χ1) is 11.6. The van der Waals surface area contributed by atoms with Crippen LogP contribution in [0, 0.1) is 0 Å². The molecule has 3 rings (SSSR count). The summed E-state index contributed by atoms with van der Waals surface area (Å²) in [5, 5.41) is 10.8. The summed E-state index contributed by atoms with van der Waals surface area (Å²) in [4.78, 5) is 18.9. The zero-order valence-electron chi connectivity index (χ0n) is 13.3. The number of hydrogen-bond donors (Lipinski definition) is 1. The molecular weight excluding hydrogens is 324 g/mol. The molecule has 5 nitrogen and oxygen atoms in total. The van der Waals surface area contributed by atoms with Crippen LogP contribution in [0.5, 0.6) is 11.5 Å². The Morgan fingerprint density at radius 1 is 1.17 bits per heavy atom. The van der Waals surface area contributed by atoms with Gasteiger partial charge in [0, 0.05) is 12.6 Å². The average molecular weight is 340 g/mol. The zero-order chi connectivity index (χ0) is 17.1. The molecule has 0 radical (unpaired) electrons. The number of nitrogens with zero attached hydrogens (tertiary/aromatic N) is 2. The number of rotatable bonds is 3. The second kappa shape index (κ2) is 6.80. The second-order valence-electron chi connectivity index (χ2n) is 5.10. The lowest BCUT2D eigenvalue weighted by Gasteiger charge is -2.07. The number of amides is 1. The molecule has 0 aromatic heterocycles. The number of aromatic hydroxyl groups is 1. The third kappa shape index (κ3) is 3.14. The Hall–Kier alpha value is -2.73. The SMILES string of the molecule is COc1cccc(C=C2SC(=Nc3ccccc3)N(C)C2=O)c1O. The van der Waals surface area contributed by atoms with E-state index in [0.29, 0.717) is 21.4 Å². The van der Waals surface area contributed by atoms with Gasteiger partial charge < -0.3 is 9.84 Å². The van der Waals surface area contributed by atoms with Gasteiger partial charge in [-0.25, -0.2) is 4.99 Å². The predicted molar refractivity (Wildman–Crippen MR) is 96.5 cm³/mol. The van der Waals surface area contributed by atoms with E-state index in [4.69, 9.17) is 4.74 Å². The molecule has 1 N–H and O–H groups in total. The van der Waals surface area contributed by atoms with Gasteiger partial charge >= 0.3 is 0 Å². The molecule has 0 aliphatic carbocycles. The van der Waals surface area contributed by atoms with E-state index in [0.717, 1.165) is 5.69 Å². The fourth-order valence-electron chi connectivity index (χ4n) is 2.23. The van der Waals surface area contributed by atoms with Crippen LogP contribution in [-0.4, -0.2) is 35.2 Å². The first-order valence-electron chi connectivity index (χ1n) is 7.27. The number of ether oxygens (including phenoxy) is 1. The lowest BCUT2D eigenvalue weighted by molar-refractivity contribution is -0.121. The monoisotopic (exact) mass is 340 g/mol. The first kappa shape index (κ1) is 16.1. The van der Waals surface area contributed by atoms with Crippen LogP contribution in [0.4, 0.5) is 5.69 Å². The Kier molecular flexibility index (Phi) is 4.57. The van der Waals surface area contributed by atoms with Gasteiger partial charge in [0.2, 0.25) is 0 Å². The Balaban J connectivity index is 1.93. The standard InChI is InChI=1S/C18H16N2O3S/c1-20-17(22)15(11-12-7-6-10-14(23-2)16(12)21)24-18(20)19-13-8-4-3-5-9-13/h3-11,21H,1-2H3. The number of amidine groups is 1. The van der Waals surface area contributed by atoms with Crippen molar-refractivity contribution in [2.75, 3.05) is 14.2 Å². The lowest BCUT2D eigenvalue weighted by atomic mass is 10.1. The van der Waals surface area contributed by atoms with Crippen LogP contribution < -0.4 is 4.74 Å². The number of methoxy groups -OCH3 is 1. The van der Waals surface area contributed by atoms with E-state index < -0.39 is 0 Å². The fourth-order valence-corrected chi connectivity index (χ4v) is 3.20. The maximum Gasteiger partial charge on any atom is 0.266 e. The van der Waals surface area contributed by atoms with Crippen LogP contribution in [0.1, 0.15) is 5.56 Å². The topological polar surface area (TPSA) is 62.1 Å². The third-order valence-electron chi connectivity index (χ3n) is 3.52. The molecule has 1 aliphatic rings. The molecule has 122 valence electrons. The summed E-state index contributed by atoms with van der Waals surface area (Å²) in [7, 11) is 3.17. The number of phenols is 1. The molecule has 1 amide bonds. The van der Waals surface area contributed by atoms with E-state index in [-0.39, 0.29) is 11.7 Å². The molecule has 2 aromatic carbocycles. The van der Waals surface area contributed by atoms with Crippen LogP contribution in [0.15, 0.2) is 58.4 Å². The number of aliphatic imine (C=N–C) groups is 1. The van der Waals surface area contributed by atoms with Gasteiger partial charge in [-0.05, 0) is 36.0 Å². The summed E-state index contributed by atoms with van der Waals surface area (Å²) in [5.74, 6) is 0.222. The minimum Gasteiger partial charge on any atom is -0.504 e. The van der Waals surface area contributed by atoms with Gasteiger partial charge in [0.25, 0.3) is 5.91 Å². The number of thioether (sulfide) groups is 1. The van der Waals surface area contributed by atoms with Gasteiger partial charge in [-0.2, -0.15) is 0 Å². The summed E-state index contributed by atoms with van der Waals surface area (Å²) in [5.41, 5.74) is 1.31. The van der Waals surface area contributed by atoms with Gasteiger partial charge in [0.05, 0.1) is 17.7 Å². The highest BCUT2D eigenvalue weighted by atomic mass is 32.2. The van der Waals surface area contributed by atoms with Crippen molar-refractivity contribution >= 4 is 34.6 Å². The summed E-state index contributed by atoms with van der Waals surface area (Å²) >= 11 is 1.27. The molecule has 1 saturated heterocycles. The molecule has 0 bridgehead atoms. The van der Waals surface area contributed by atoms with Crippen LogP contribution >= 0.6 is 11.8 Å². The average Bonchev–Trinajstić information content (AvgIpc) is 2.86. The smallest absolute Gasteiger partial charge is 0.266 e. The van der Waals surface area contributed by atoms with Crippen molar-refractivity contribution in [2.45, 2.75) is 0 Å². The Labute approximate surface area is 144 Å². The first-order valence-corrected chi connectivity index (χ1v) is 8.09. The van der Waals surface area contributed by atoms with Crippen molar-refractivity contribution in [2.24, 2.45) is 4.99 Å². The molecule has 24 heavy (non-hydrogen) atoms. The maximum absolute atomic E-state index is 12.4. The van der Waals surface area contributed by atoms with Crippen LogP contribution in [0.25, 0.3) is 6.08 Å². The number of hydrogen-bond acceptors (Lipinski definition) is 5. The summed E-state index contributed by atoms with van der Waals surface area (Å²) < 4.78 is 5.09. The number of likely N-dealkylation sites (N-methyl/N-ethyl adjacent to an activating group) is 1. The maximum atomic E-state index is 12.4. The van der Waals surface area contributed by atoms with Crippen LogP contribution in [0.2, 0.25) is 0 Å². The van der Waals surface area contributed by atoms with Gasteiger partial charge in [-0.1, -0.05) is 30.3 Å². The number of phenolic OH excluding ortho intramolecular Hbond substituents is 1. The lowest BCUT2D eigenvalue weighted by Crippen LogP contribution is -2.23. The van der Waals surface area contributed by atoms with E-state index in [2.05, 4.69) is 4.99 Å². The van der Waals surface area contributed by atoms with Gasteiger partial charge in [-0.15, -0.1) is 0 Å². The molecule has 1 aliphatic heterocycles. The largest absolute Gasteiger partial charge is 0.504 e. The van der Waals surface area contributed by atoms with Gasteiger partial charge in [0.15, 0.2) is 16.7 Å². The molecule has 6 heteroatoms. The molecule has 1 heterocycles. The van der Waals surface area contributed by atoms with E-state index in [1.54, 1.807) is 31.3 Å².